The number of amides is 1. The van der Waals surface area contributed by atoms with Crippen LogP contribution in [0.25, 0.3) is 0 Å². The molecule has 25 heavy (non-hydrogen) atoms. The van der Waals surface area contributed by atoms with Crippen LogP contribution in [0.4, 0.5) is 0 Å². The van der Waals surface area contributed by atoms with Crippen LogP contribution in [0.3, 0.4) is 0 Å². The molecule has 2 aromatic rings. The molecule has 1 fully saturated rings. The quantitative estimate of drug-likeness (QED) is 0.840. The van der Waals surface area contributed by atoms with Gasteiger partial charge in [0.15, 0.2) is 0 Å². The predicted molar refractivity (Wildman–Crippen MR) is 97.9 cm³/mol. The fraction of sp³-hybridized carbons (Fsp3) is 0.400. The van der Waals surface area contributed by atoms with Gasteiger partial charge in [0.25, 0.3) is 5.91 Å². The smallest absolute Gasteiger partial charge is 0.254 e. The summed E-state index contributed by atoms with van der Waals surface area (Å²) in [4.78, 5) is 21.0. The van der Waals surface area contributed by atoms with Crippen molar-refractivity contribution in [3.8, 4) is 5.75 Å². The van der Waals surface area contributed by atoms with Crippen molar-refractivity contribution in [2.75, 3.05) is 39.8 Å². The van der Waals surface area contributed by atoms with Gasteiger partial charge in [-0.05, 0) is 49.2 Å². The minimum absolute atomic E-state index is 0.111. The second kappa shape index (κ2) is 8.62. The van der Waals surface area contributed by atoms with E-state index in [1.165, 1.54) is 5.56 Å². The van der Waals surface area contributed by atoms with Crippen LogP contribution in [-0.4, -0.2) is 60.5 Å². The number of ether oxygens (including phenoxy) is 1. The van der Waals surface area contributed by atoms with Crippen LogP contribution in [0.5, 0.6) is 5.75 Å². The van der Waals surface area contributed by atoms with E-state index in [0.29, 0.717) is 0 Å². The summed E-state index contributed by atoms with van der Waals surface area (Å²) in [6.07, 6.45) is 5.38. The number of hydrogen-bond acceptors (Lipinski definition) is 4. The van der Waals surface area contributed by atoms with Crippen molar-refractivity contribution in [3.63, 3.8) is 0 Å². The Labute approximate surface area is 149 Å². The molecule has 0 saturated carbocycles. The van der Waals surface area contributed by atoms with Crippen molar-refractivity contribution in [1.29, 1.82) is 0 Å². The Morgan fingerprint density at radius 1 is 1.04 bits per heavy atom. The summed E-state index contributed by atoms with van der Waals surface area (Å²) in [5.41, 5.74) is 2.04. The van der Waals surface area contributed by atoms with Crippen molar-refractivity contribution in [2.24, 2.45) is 0 Å². The van der Waals surface area contributed by atoms with E-state index in [-0.39, 0.29) is 5.91 Å². The Morgan fingerprint density at radius 2 is 1.80 bits per heavy atom. The SMILES string of the molecule is COc1ccc(CCN2CCCN(C(=O)c3ccncc3)CC2)cc1. The lowest BCUT2D eigenvalue weighted by Crippen LogP contribution is -2.35. The molecule has 1 aromatic heterocycles. The molecule has 0 atom stereocenters. The van der Waals surface area contributed by atoms with E-state index in [0.717, 1.165) is 56.9 Å². The average Bonchev–Trinajstić information content (AvgIpc) is 2.92. The lowest BCUT2D eigenvalue weighted by atomic mass is 10.1. The highest BCUT2D eigenvalue weighted by atomic mass is 16.5. The summed E-state index contributed by atoms with van der Waals surface area (Å²) in [5, 5.41) is 0. The maximum atomic E-state index is 12.6. The van der Waals surface area contributed by atoms with Crippen LogP contribution >= 0.6 is 0 Å². The Hall–Kier alpha value is -2.40. The molecule has 0 aliphatic carbocycles. The molecule has 5 nitrogen and oxygen atoms in total. The van der Waals surface area contributed by atoms with Gasteiger partial charge in [0.05, 0.1) is 7.11 Å². The van der Waals surface area contributed by atoms with Crippen molar-refractivity contribution >= 4 is 5.91 Å². The number of rotatable bonds is 5. The van der Waals surface area contributed by atoms with Gasteiger partial charge in [0, 0.05) is 44.1 Å². The number of carbonyl (C=O) groups excluding carboxylic acids is 1. The lowest BCUT2D eigenvalue weighted by Gasteiger charge is -2.22. The fourth-order valence-corrected chi connectivity index (χ4v) is 3.15. The van der Waals surface area contributed by atoms with Crippen molar-refractivity contribution in [2.45, 2.75) is 12.8 Å². The summed E-state index contributed by atoms with van der Waals surface area (Å²) in [5.74, 6) is 1.00. The summed E-state index contributed by atoms with van der Waals surface area (Å²) < 4.78 is 5.20. The van der Waals surface area contributed by atoms with E-state index in [1.807, 2.05) is 17.0 Å². The molecule has 0 unspecified atom stereocenters. The van der Waals surface area contributed by atoms with Crippen LogP contribution in [0.15, 0.2) is 48.8 Å². The third kappa shape index (κ3) is 4.79. The maximum Gasteiger partial charge on any atom is 0.254 e. The summed E-state index contributed by atoms with van der Waals surface area (Å²) in [6.45, 7) is 4.58. The Bertz CT molecular complexity index is 673. The first kappa shape index (κ1) is 17.4. The summed E-state index contributed by atoms with van der Waals surface area (Å²) in [6, 6.07) is 11.8. The molecule has 132 valence electrons. The zero-order valence-electron chi connectivity index (χ0n) is 14.7. The van der Waals surface area contributed by atoms with E-state index in [2.05, 4.69) is 22.0 Å². The van der Waals surface area contributed by atoms with Gasteiger partial charge in [-0.3, -0.25) is 9.78 Å². The van der Waals surface area contributed by atoms with Crippen molar-refractivity contribution in [1.82, 2.24) is 14.8 Å². The first-order valence-corrected chi connectivity index (χ1v) is 8.81. The Kier molecular flexibility index (Phi) is 6.01. The zero-order valence-corrected chi connectivity index (χ0v) is 14.7. The molecule has 0 radical (unpaired) electrons. The Morgan fingerprint density at radius 3 is 2.52 bits per heavy atom. The normalized spacial score (nSPS) is 15.6. The molecular formula is C20H25N3O2. The van der Waals surface area contributed by atoms with Crippen LogP contribution < -0.4 is 4.74 Å². The van der Waals surface area contributed by atoms with E-state index < -0.39 is 0 Å². The molecular weight excluding hydrogens is 314 g/mol. The molecule has 1 aliphatic heterocycles. The van der Waals surface area contributed by atoms with Gasteiger partial charge in [-0.2, -0.15) is 0 Å². The molecule has 2 heterocycles. The highest BCUT2D eigenvalue weighted by Crippen LogP contribution is 2.13. The van der Waals surface area contributed by atoms with Gasteiger partial charge in [-0.15, -0.1) is 0 Å². The van der Waals surface area contributed by atoms with E-state index in [1.54, 1.807) is 31.6 Å². The van der Waals surface area contributed by atoms with Crippen LogP contribution in [0.1, 0.15) is 22.3 Å². The zero-order chi connectivity index (χ0) is 17.5. The molecule has 3 rings (SSSR count). The fourth-order valence-electron chi connectivity index (χ4n) is 3.15. The topological polar surface area (TPSA) is 45.7 Å². The Balaban J connectivity index is 1.50. The minimum Gasteiger partial charge on any atom is -0.497 e. The third-order valence-electron chi connectivity index (χ3n) is 4.68. The predicted octanol–water partition coefficient (Wildman–Crippen LogP) is 2.48. The standard InChI is InChI=1S/C20H25N3O2/c1-25-19-5-3-17(4-6-19)9-14-22-12-2-13-23(16-15-22)20(24)18-7-10-21-11-8-18/h3-8,10-11H,2,9,12-16H2,1H3. The van der Waals surface area contributed by atoms with Crippen LogP contribution in [0, 0.1) is 0 Å². The largest absolute Gasteiger partial charge is 0.497 e. The number of hydrogen-bond donors (Lipinski definition) is 0. The molecule has 1 amide bonds. The number of methoxy groups -OCH3 is 1. The van der Waals surface area contributed by atoms with Gasteiger partial charge in [0.2, 0.25) is 0 Å². The number of aromatic nitrogens is 1. The molecule has 0 bridgehead atoms. The van der Waals surface area contributed by atoms with E-state index in [9.17, 15) is 4.79 Å². The van der Waals surface area contributed by atoms with Gasteiger partial charge < -0.3 is 14.5 Å². The molecule has 5 heteroatoms. The molecule has 1 aromatic carbocycles. The molecule has 0 spiro atoms. The van der Waals surface area contributed by atoms with Crippen molar-refractivity contribution in [3.05, 3.63) is 59.9 Å². The average molecular weight is 339 g/mol. The molecule has 1 aliphatic rings. The number of benzene rings is 1. The lowest BCUT2D eigenvalue weighted by molar-refractivity contribution is 0.0761. The third-order valence-corrected chi connectivity index (χ3v) is 4.68. The number of carbonyl (C=O) groups is 1. The molecule has 1 saturated heterocycles. The van der Waals surface area contributed by atoms with Crippen LogP contribution in [0.2, 0.25) is 0 Å². The summed E-state index contributed by atoms with van der Waals surface area (Å²) in [7, 11) is 1.69. The van der Waals surface area contributed by atoms with Gasteiger partial charge in [-0.25, -0.2) is 0 Å². The van der Waals surface area contributed by atoms with Gasteiger partial charge in [0.1, 0.15) is 5.75 Å². The number of pyridine rings is 1. The first-order valence-electron chi connectivity index (χ1n) is 8.81. The maximum absolute atomic E-state index is 12.6. The van der Waals surface area contributed by atoms with Crippen LogP contribution in [-0.2, 0) is 6.42 Å². The van der Waals surface area contributed by atoms with Gasteiger partial charge >= 0.3 is 0 Å². The summed E-state index contributed by atoms with van der Waals surface area (Å²) >= 11 is 0. The monoisotopic (exact) mass is 339 g/mol. The second-order valence-electron chi connectivity index (χ2n) is 6.32. The highest BCUT2D eigenvalue weighted by molar-refractivity contribution is 5.94. The highest BCUT2D eigenvalue weighted by Gasteiger charge is 2.20. The molecule has 0 N–H and O–H groups in total. The van der Waals surface area contributed by atoms with E-state index >= 15 is 0 Å². The minimum atomic E-state index is 0.111. The second-order valence-corrected chi connectivity index (χ2v) is 6.32. The first-order chi connectivity index (χ1) is 12.3. The van der Waals surface area contributed by atoms with Gasteiger partial charge in [-0.1, -0.05) is 12.1 Å². The van der Waals surface area contributed by atoms with E-state index in [4.69, 9.17) is 4.74 Å². The number of nitrogens with zero attached hydrogens (tertiary/aromatic N) is 3. The van der Waals surface area contributed by atoms with Crippen molar-refractivity contribution < 1.29 is 9.53 Å².